The van der Waals surface area contributed by atoms with Crippen LogP contribution in [0.4, 0.5) is 0 Å². The summed E-state index contributed by atoms with van der Waals surface area (Å²) in [5.74, 6) is 0.594. The van der Waals surface area contributed by atoms with Gasteiger partial charge >= 0.3 is 0 Å². The maximum atomic E-state index is 9.65. The number of hydrogen-bond acceptors (Lipinski definition) is 3. The molecule has 0 radical (unpaired) electrons. The molecule has 2 aromatic carbocycles. The van der Waals surface area contributed by atoms with Gasteiger partial charge in [0.05, 0.1) is 0 Å². The second-order valence-electron chi connectivity index (χ2n) is 5.29. The second kappa shape index (κ2) is 6.94. The number of hydrogen-bond donors (Lipinski definition) is 2. The van der Waals surface area contributed by atoms with Crippen molar-refractivity contribution in [3.63, 3.8) is 0 Å². The normalized spacial score (nSPS) is 10.1. The van der Waals surface area contributed by atoms with E-state index in [1.54, 1.807) is 18.2 Å². The molecule has 3 nitrogen and oxygen atoms in total. The number of phenolic OH excluding ortho intramolecular Hbond substituents is 2. The summed E-state index contributed by atoms with van der Waals surface area (Å²) in [5, 5.41) is 19.5. The number of nitrogens with zero attached hydrogens (tertiary/aromatic N) is 1. The Morgan fingerprint density at radius 1 is 0.955 bits per heavy atom. The Morgan fingerprint density at radius 3 is 2.23 bits per heavy atom. The highest BCUT2D eigenvalue weighted by Gasteiger charge is 2.05. The highest BCUT2D eigenvalue weighted by Crippen LogP contribution is 2.25. The zero-order chi connectivity index (χ0) is 16.1. The lowest BCUT2D eigenvalue weighted by Gasteiger charge is -2.06. The SMILES string of the molecule is CCc1cc(C)nc2c(O)cccc12.Cc1ccc(O)cc1. The first-order valence-electron chi connectivity index (χ1n) is 7.35. The zero-order valence-corrected chi connectivity index (χ0v) is 13.2. The highest BCUT2D eigenvalue weighted by atomic mass is 16.3. The van der Waals surface area contributed by atoms with Crippen LogP contribution in [0.1, 0.15) is 23.7 Å². The van der Waals surface area contributed by atoms with Crippen LogP contribution in [0, 0.1) is 13.8 Å². The fourth-order valence-corrected chi connectivity index (χ4v) is 2.28. The number of para-hydroxylation sites is 1. The van der Waals surface area contributed by atoms with Crippen LogP contribution in [0.3, 0.4) is 0 Å². The molecule has 114 valence electrons. The van der Waals surface area contributed by atoms with E-state index in [-0.39, 0.29) is 5.75 Å². The Bertz CT molecular complexity index is 743. The molecule has 0 aliphatic carbocycles. The van der Waals surface area contributed by atoms with Crippen molar-refractivity contribution in [2.45, 2.75) is 27.2 Å². The largest absolute Gasteiger partial charge is 0.508 e. The monoisotopic (exact) mass is 295 g/mol. The molecule has 0 atom stereocenters. The van der Waals surface area contributed by atoms with E-state index < -0.39 is 0 Å². The number of aromatic nitrogens is 1. The quantitative estimate of drug-likeness (QED) is 0.694. The number of aromatic hydroxyl groups is 2. The lowest BCUT2D eigenvalue weighted by molar-refractivity contribution is 0.475. The first kappa shape index (κ1) is 15.8. The molecule has 22 heavy (non-hydrogen) atoms. The summed E-state index contributed by atoms with van der Waals surface area (Å²) < 4.78 is 0. The topological polar surface area (TPSA) is 53.4 Å². The molecule has 3 rings (SSSR count). The third kappa shape index (κ3) is 3.76. The van der Waals surface area contributed by atoms with Gasteiger partial charge in [0.1, 0.15) is 17.0 Å². The van der Waals surface area contributed by atoms with Crippen LogP contribution >= 0.6 is 0 Å². The van der Waals surface area contributed by atoms with E-state index in [2.05, 4.69) is 18.0 Å². The molecule has 0 aliphatic rings. The molecule has 0 bridgehead atoms. The van der Waals surface area contributed by atoms with Gasteiger partial charge in [-0.3, -0.25) is 0 Å². The fourth-order valence-electron chi connectivity index (χ4n) is 2.28. The molecule has 1 aromatic heterocycles. The smallest absolute Gasteiger partial charge is 0.141 e. The van der Waals surface area contributed by atoms with Gasteiger partial charge in [-0.1, -0.05) is 36.8 Å². The molecule has 2 N–H and O–H groups in total. The molecular formula is C19H21NO2. The number of benzene rings is 2. The van der Waals surface area contributed by atoms with Gasteiger partial charge in [-0.05, 0) is 50.1 Å². The van der Waals surface area contributed by atoms with Gasteiger partial charge < -0.3 is 10.2 Å². The van der Waals surface area contributed by atoms with E-state index in [1.165, 1.54) is 11.1 Å². The Hall–Kier alpha value is -2.55. The summed E-state index contributed by atoms with van der Waals surface area (Å²) in [7, 11) is 0. The molecule has 0 unspecified atom stereocenters. The van der Waals surface area contributed by atoms with Crippen molar-refractivity contribution in [1.29, 1.82) is 0 Å². The molecular weight excluding hydrogens is 274 g/mol. The average molecular weight is 295 g/mol. The van der Waals surface area contributed by atoms with Gasteiger partial charge in [0, 0.05) is 11.1 Å². The number of fused-ring (bicyclic) bond motifs is 1. The Labute approximate surface area is 130 Å². The highest BCUT2D eigenvalue weighted by molar-refractivity contribution is 5.87. The van der Waals surface area contributed by atoms with Crippen molar-refractivity contribution in [3.05, 3.63) is 65.4 Å². The zero-order valence-electron chi connectivity index (χ0n) is 13.2. The number of aryl methyl sites for hydroxylation is 3. The lowest BCUT2D eigenvalue weighted by Crippen LogP contribution is -1.90. The molecule has 0 saturated heterocycles. The van der Waals surface area contributed by atoms with E-state index in [1.807, 2.05) is 38.1 Å². The summed E-state index contributed by atoms with van der Waals surface area (Å²) >= 11 is 0. The van der Waals surface area contributed by atoms with Crippen molar-refractivity contribution >= 4 is 10.9 Å². The van der Waals surface area contributed by atoms with E-state index in [4.69, 9.17) is 5.11 Å². The molecule has 0 amide bonds. The first-order valence-corrected chi connectivity index (χ1v) is 7.35. The maximum Gasteiger partial charge on any atom is 0.141 e. The fraction of sp³-hybridized carbons (Fsp3) is 0.211. The van der Waals surface area contributed by atoms with Gasteiger partial charge in [0.15, 0.2) is 0 Å². The van der Waals surface area contributed by atoms with Crippen LogP contribution in [0.2, 0.25) is 0 Å². The minimum absolute atomic E-state index is 0.265. The minimum Gasteiger partial charge on any atom is -0.508 e. The van der Waals surface area contributed by atoms with Gasteiger partial charge in [0.25, 0.3) is 0 Å². The van der Waals surface area contributed by atoms with E-state index >= 15 is 0 Å². The van der Waals surface area contributed by atoms with Crippen molar-refractivity contribution < 1.29 is 10.2 Å². The summed E-state index contributed by atoms with van der Waals surface area (Å²) in [6.07, 6.45) is 0.962. The lowest BCUT2D eigenvalue weighted by atomic mass is 10.1. The number of pyridine rings is 1. The molecule has 0 aliphatic heterocycles. The predicted octanol–water partition coefficient (Wildman–Crippen LogP) is 4.51. The standard InChI is InChI=1S/C12H13NO.C7H8O/c1-3-9-7-8(2)13-12-10(9)5-4-6-11(12)14;1-6-2-4-7(8)5-3-6/h4-7,14H,3H2,1-2H3;2-5,8H,1H3. The van der Waals surface area contributed by atoms with Crippen molar-refractivity contribution in [2.75, 3.05) is 0 Å². The Kier molecular flexibility index (Phi) is 4.99. The molecule has 3 aromatic rings. The van der Waals surface area contributed by atoms with Crippen LogP contribution in [-0.4, -0.2) is 15.2 Å². The molecule has 0 fully saturated rings. The molecule has 3 heteroatoms. The van der Waals surface area contributed by atoms with Gasteiger partial charge in [-0.2, -0.15) is 0 Å². The maximum absolute atomic E-state index is 9.65. The molecule has 0 spiro atoms. The van der Waals surface area contributed by atoms with Crippen molar-refractivity contribution in [2.24, 2.45) is 0 Å². The van der Waals surface area contributed by atoms with Crippen LogP contribution in [-0.2, 0) is 6.42 Å². The van der Waals surface area contributed by atoms with E-state index in [0.717, 1.165) is 17.5 Å². The van der Waals surface area contributed by atoms with Crippen molar-refractivity contribution in [3.8, 4) is 11.5 Å². The van der Waals surface area contributed by atoms with Gasteiger partial charge in [0.2, 0.25) is 0 Å². The number of rotatable bonds is 1. The summed E-state index contributed by atoms with van der Waals surface area (Å²) in [5.41, 5.74) is 4.08. The number of phenols is 2. The van der Waals surface area contributed by atoms with Crippen LogP contribution in [0.25, 0.3) is 10.9 Å². The van der Waals surface area contributed by atoms with Crippen molar-refractivity contribution in [1.82, 2.24) is 4.98 Å². The van der Waals surface area contributed by atoms with Crippen LogP contribution < -0.4 is 0 Å². The van der Waals surface area contributed by atoms with Crippen LogP contribution in [0.5, 0.6) is 11.5 Å². The Balaban J connectivity index is 0.000000188. The third-order valence-electron chi connectivity index (χ3n) is 3.45. The molecule has 0 saturated carbocycles. The summed E-state index contributed by atoms with van der Waals surface area (Å²) in [6.45, 7) is 6.04. The van der Waals surface area contributed by atoms with Gasteiger partial charge in [-0.25, -0.2) is 4.98 Å². The second-order valence-corrected chi connectivity index (χ2v) is 5.29. The average Bonchev–Trinajstić information content (AvgIpc) is 2.51. The summed E-state index contributed by atoms with van der Waals surface area (Å²) in [4.78, 5) is 4.33. The predicted molar refractivity (Wildman–Crippen MR) is 90.4 cm³/mol. The molecule has 1 heterocycles. The summed E-state index contributed by atoms with van der Waals surface area (Å²) in [6, 6.07) is 14.7. The van der Waals surface area contributed by atoms with Crippen LogP contribution in [0.15, 0.2) is 48.5 Å². The van der Waals surface area contributed by atoms with E-state index in [0.29, 0.717) is 11.3 Å². The van der Waals surface area contributed by atoms with E-state index in [9.17, 15) is 5.11 Å². The first-order chi connectivity index (χ1) is 10.5. The Morgan fingerprint density at radius 2 is 1.64 bits per heavy atom. The third-order valence-corrected chi connectivity index (χ3v) is 3.45. The van der Waals surface area contributed by atoms with Gasteiger partial charge in [-0.15, -0.1) is 0 Å². The minimum atomic E-state index is 0.265.